The van der Waals surface area contributed by atoms with Gasteiger partial charge in [-0.2, -0.15) is 4.31 Å². The zero-order valence-corrected chi connectivity index (χ0v) is 21.9. The lowest BCUT2D eigenvalue weighted by molar-refractivity contribution is -0.166. The molecule has 1 heterocycles. The minimum absolute atomic E-state index is 0.114. The second-order valence-corrected chi connectivity index (χ2v) is 12.6. The molecule has 0 aromatic heterocycles. The Hall–Kier alpha value is -3.22. The number of fused-ring (bicyclic) bond motifs is 2. The Morgan fingerprint density at radius 3 is 2.25 bits per heavy atom. The second-order valence-electron chi connectivity index (χ2n) is 10.7. The second kappa shape index (κ2) is 8.71. The maximum Gasteiger partial charge on any atom is 0.319 e. The van der Waals surface area contributed by atoms with Gasteiger partial charge in [0.15, 0.2) is 0 Å². The van der Waals surface area contributed by atoms with Gasteiger partial charge < -0.3 is 4.74 Å². The molecule has 3 aromatic carbocycles. The van der Waals surface area contributed by atoms with Crippen LogP contribution in [0.2, 0.25) is 0 Å². The van der Waals surface area contributed by atoms with Crippen molar-refractivity contribution < 1.29 is 17.9 Å². The third-order valence-electron chi connectivity index (χ3n) is 7.01. The number of hydrogen-bond donors (Lipinski definition) is 0. The standard InChI is InChI=1S/C30H31NO4S/c1-21-14-16-26(17-15-21)36(33,34)31-20-25-18-23-12-8-9-13-24(23)19-30(25,28(32)35-29(2,3)4)27(31)22-10-6-5-7-11-22/h5-18,27H,19-20H2,1-4H3/t27-,30+/m0/s1. The van der Waals surface area contributed by atoms with Crippen molar-refractivity contribution in [3.8, 4) is 0 Å². The van der Waals surface area contributed by atoms with E-state index in [0.29, 0.717) is 6.42 Å². The molecule has 6 heteroatoms. The number of aryl methyl sites for hydroxylation is 1. The van der Waals surface area contributed by atoms with Crippen molar-refractivity contribution in [3.63, 3.8) is 0 Å². The van der Waals surface area contributed by atoms with Gasteiger partial charge in [0, 0.05) is 6.54 Å². The van der Waals surface area contributed by atoms with Crippen LogP contribution in [-0.2, 0) is 26.0 Å². The number of ether oxygens (including phenoxy) is 1. The summed E-state index contributed by atoms with van der Waals surface area (Å²) < 4.78 is 35.8. The zero-order chi connectivity index (χ0) is 25.7. The number of nitrogens with zero attached hydrogens (tertiary/aromatic N) is 1. The van der Waals surface area contributed by atoms with Gasteiger partial charge in [0.05, 0.1) is 10.9 Å². The molecule has 0 N–H and O–H groups in total. The van der Waals surface area contributed by atoms with E-state index in [-0.39, 0.29) is 11.4 Å². The highest BCUT2D eigenvalue weighted by Gasteiger charge is 2.62. The van der Waals surface area contributed by atoms with Crippen molar-refractivity contribution in [2.75, 3.05) is 6.54 Å². The number of sulfonamides is 1. The Bertz CT molecular complexity index is 1440. The molecule has 3 aromatic rings. The summed E-state index contributed by atoms with van der Waals surface area (Å²) in [6, 6.07) is 23.5. The number of rotatable bonds is 4. The van der Waals surface area contributed by atoms with Gasteiger partial charge in [-0.05, 0) is 68.5 Å². The van der Waals surface area contributed by atoms with Gasteiger partial charge >= 0.3 is 5.97 Å². The lowest BCUT2D eigenvalue weighted by Crippen LogP contribution is -2.46. The number of esters is 1. The fourth-order valence-electron chi connectivity index (χ4n) is 5.37. The monoisotopic (exact) mass is 501 g/mol. The van der Waals surface area contributed by atoms with Crippen LogP contribution in [0, 0.1) is 12.3 Å². The van der Waals surface area contributed by atoms with Crippen LogP contribution in [0.25, 0.3) is 6.08 Å². The quantitative estimate of drug-likeness (QED) is 0.430. The van der Waals surface area contributed by atoms with Crippen LogP contribution in [0.4, 0.5) is 0 Å². The lowest BCUT2D eigenvalue weighted by atomic mass is 9.66. The number of carbonyl (C=O) groups excluding carboxylic acids is 1. The normalized spacial score (nSPS) is 21.9. The fourth-order valence-corrected chi connectivity index (χ4v) is 7.01. The van der Waals surface area contributed by atoms with Gasteiger partial charge in [0.1, 0.15) is 11.0 Å². The molecule has 0 radical (unpaired) electrons. The Labute approximate surface area is 213 Å². The molecule has 0 amide bonds. The molecular formula is C30H31NO4S. The SMILES string of the molecule is Cc1ccc(S(=O)(=O)N2CC3=Cc4ccccc4C[C@]3(C(=O)OC(C)(C)C)[C@@H]2c2ccccc2)cc1. The maximum absolute atomic E-state index is 14.2. The molecular weight excluding hydrogens is 470 g/mol. The van der Waals surface area contributed by atoms with Crippen molar-refractivity contribution >= 4 is 22.1 Å². The molecule has 2 aliphatic rings. The van der Waals surface area contributed by atoms with Crippen molar-refractivity contribution in [3.05, 3.63) is 107 Å². The first kappa shape index (κ1) is 24.5. The van der Waals surface area contributed by atoms with Crippen molar-refractivity contribution in [2.45, 2.75) is 50.7 Å². The van der Waals surface area contributed by atoms with Crippen LogP contribution in [0.1, 0.15) is 49.1 Å². The molecule has 5 nitrogen and oxygen atoms in total. The average molecular weight is 502 g/mol. The van der Waals surface area contributed by atoms with Gasteiger partial charge in [-0.3, -0.25) is 4.79 Å². The van der Waals surface area contributed by atoms with Crippen LogP contribution in [0.3, 0.4) is 0 Å². The van der Waals surface area contributed by atoms with Gasteiger partial charge in [-0.25, -0.2) is 8.42 Å². The van der Waals surface area contributed by atoms with E-state index in [1.807, 2.05) is 88.4 Å². The molecule has 0 bridgehead atoms. The molecule has 186 valence electrons. The minimum atomic E-state index is -3.93. The molecule has 0 unspecified atom stereocenters. The molecule has 1 aliphatic heterocycles. The summed E-state index contributed by atoms with van der Waals surface area (Å²) in [4.78, 5) is 14.4. The summed E-state index contributed by atoms with van der Waals surface area (Å²) in [6.45, 7) is 7.56. The first-order chi connectivity index (χ1) is 17.0. The van der Waals surface area contributed by atoms with E-state index < -0.39 is 33.1 Å². The summed E-state index contributed by atoms with van der Waals surface area (Å²) in [5.74, 6) is -0.397. The Balaban J connectivity index is 1.75. The summed E-state index contributed by atoms with van der Waals surface area (Å²) in [7, 11) is -3.93. The van der Waals surface area contributed by atoms with Gasteiger partial charge in [-0.15, -0.1) is 0 Å². The maximum atomic E-state index is 14.2. The van der Waals surface area contributed by atoms with Gasteiger partial charge in [0.25, 0.3) is 0 Å². The van der Waals surface area contributed by atoms with Crippen LogP contribution in [0.15, 0.2) is 89.3 Å². The molecule has 1 fully saturated rings. The molecule has 36 heavy (non-hydrogen) atoms. The van der Waals surface area contributed by atoms with Crippen LogP contribution < -0.4 is 0 Å². The largest absolute Gasteiger partial charge is 0.459 e. The third-order valence-corrected chi connectivity index (χ3v) is 8.84. The van der Waals surface area contributed by atoms with Crippen molar-refractivity contribution in [1.82, 2.24) is 4.31 Å². The zero-order valence-electron chi connectivity index (χ0n) is 21.1. The van der Waals surface area contributed by atoms with Gasteiger partial charge in [-0.1, -0.05) is 78.4 Å². The fraction of sp³-hybridized carbons (Fsp3) is 0.300. The van der Waals surface area contributed by atoms with Crippen LogP contribution in [0.5, 0.6) is 0 Å². The smallest absolute Gasteiger partial charge is 0.319 e. The molecule has 0 spiro atoms. The lowest BCUT2D eigenvalue weighted by Gasteiger charge is -2.40. The molecule has 2 atom stereocenters. The molecule has 5 rings (SSSR count). The first-order valence-corrected chi connectivity index (χ1v) is 13.6. The highest BCUT2D eigenvalue weighted by Crippen LogP contribution is 2.57. The van der Waals surface area contributed by atoms with E-state index in [0.717, 1.165) is 27.8 Å². The van der Waals surface area contributed by atoms with Gasteiger partial charge in [0.2, 0.25) is 10.0 Å². The summed E-state index contributed by atoms with van der Waals surface area (Å²) in [5, 5.41) is 0. The minimum Gasteiger partial charge on any atom is -0.459 e. The number of hydrogen-bond acceptors (Lipinski definition) is 4. The molecule has 1 aliphatic carbocycles. The van der Waals surface area contributed by atoms with Crippen LogP contribution in [-0.4, -0.2) is 30.8 Å². The molecule has 0 saturated carbocycles. The first-order valence-electron chi connectivity index (χ1n) is 12.2. The van der Waals surface area contributed by atoms with E-state index >= 15 is 0 Å². The van der Waals surface area contributed by atoms with E-state index in [2.05, 4.69) is 0 Å². The predicted molar refractivity (Wildman–Crippen MR) is 141 cm³/mol. The highest BCUT2D eigenvalue weighted by molar-refractivity contribution is 7.89. The third kappa shape index (κ3) is 4.08. The summed E-state index contributed by atoms with van der Waals surface area (Å²) in [6.07, 6.45) is 2.35. The average Bonchev–Trinajstić information content (AvgIpc) is 3.18. The van der Waals surface area contributed by atoms with Crippen LogP contribution >= 0.6 is 0 Å². The Morgan fingerprint density at radius 2 is 1.58 bits per heavy atom. The van der Waals surface area contributed by atoms with E-state index in [1.54, 1.807) is 24.3 Å². The van der Waals surface area contributed by atoms with Crippen molar-refractivity contribution in [1.29, 1.82) is 0 Å². The predicted octanol–water partition coefficient (Wildman–Crippen LogP) is 5.71. The Morgan fingerprint density at radius 1 is 0.944 bits per heavy atom. The molecule has 1 saturated heterocycles. The number of carbonyl (C=O) groups is 1. The summed E-state index contributed by atoms with van der Waals surface area (Å²) in [5.41, 5.74) is 2.61. The van der Waals surface area contributed by atoms with Crippen molar-refractivity contribution in [2.24, 2.45) is 5.41 Å². The summed E-state index contributed by atoms with van der Waals surface area (Å²) >= 11 is 0. The van der Waals surface area contributed by atoms with E-state index in [9.17, 15) is 13.2 Å². The van der Waals surface area contributed by atoms with E-state index in [4.69, 9.17) is 4.74 Å². The number of benzene rings is 3. The topological polar surface area (TPSA) is 63.7 Å². The Kier molecular flexibility index (Phi) is 5.92. The highest BCUT2D eigenvalue weighted by atomic mass is 32.2. The van der Waals surface area contributed by atoms with E-state index in [1.165, 1.54) is 4.31 Å².